The predicted molar refractivity (Wildman–Crippen MR) is 94.1 cm³/mol. The molecule has 4 rings (SSSR count). The third kappa shape index (κ3) is 2.34. The normalized spacial score (nSPS) is 13.0. The number of nitrogens with one attached hydrogen (secondary N) is 1. The van der Waals surface area contributed by atoms with Gasteiger partial charge in [0.1, 0.15) is 5.82 Å². The zero-order valence-corrected chi connectivity index (χ0v) is 13.9. The number of nitrogen functional groups attached to an aromatic ring is 1. The fraction of sp³-hybridized carbons (Fsp3) is 0.0588. The lowest BCUT2D eigenvalue weighted by Crippen LogP contribution is -2.24. The van der Waals surface area contributed by atoms with Gasteiger partial charge in [-0.3, -0.25) is 24.3 Å². The Kier molecular flexibility index (Phi) is 3.29. The molecule has 3 heterocycles. The SMILES string of the molecule is Cc1cc(-c2cccc(-n3c(N)c4c(cc3=O)C(=O)NC4=O)c2)sn1. The van der Waals surface area contributed by atoms with Gasteiger partial charge in [0.05, 0.1) is 27.4 Å². The molecule has 124 valence electrons. The van der Waals surface area contributed by atoms with Gasteiger partial charge in [-0.05, 0) is 42.2 Å². The highest BCUT2D eigenvalue weighted by molar-refractivity contribution is 7.09. The average Bonchev–Trinajstić information content (AvgIpc) is 3.12. The molecule has 0 aliphatic carbocycles. The molecule has 0 unspecified atom stereocenters. The van der Waals surface area contributed by atoms with Crippen LogP contribution in [0.3, 0.4) is 0 Å². The number of benzene rings is 1. The second-order valence-corrected chi connectivity index (χ2v) is 6.46. The second-order valence-electron chi connectivity index (χ2n) is 5.66. The minimum Gasteiger partial charge on any atom is -0.384 e. The van der Waals surface area contributed by atoms with Gasteiger partial charge in [-0.25, -0.2) is 0 Å². The van der Waals surface area contributed by atoms with Gasteiger partial charge >= 0.3 is 0 Å². The maximum atomic E-state index is 12.5. The molecule has 1 aromatic carbocycles. The third-order valence-electron chi connectivity index (χ3n) is 3.97. The molecule has 1 aliphatic rings. The Labute approximate surface area is 145 Å². The van der Waals surface area contributed by atoms with E-state index in [-0.39, 0.29) is 16.9 Å². The van der Waals surface area contributed by atoms with Crippen molar-refractivity contribution in [1.29, 1.82) is 0 Å². The summed E-state index contributed by atoms with van der Waals surface area (Å²) in [5, 5.41) is 2.15. The van der Waals surface area contributed by atoms with Crippen molar-refractivity contribution >= 4 is 29.2 Å². The number of fused-ring (bicyclic) bond motifs is 1. The summed E-state index contributed by atoms with van der Waals surface area (Å²) in [6.07, 6.45) is 0. The van der Waals surface area contributed by atoms with E-state index in [9.17, 15) is 14.4 Å². The number of pyridine rings is 1. The van der Waals surface area contributed by atoms with Gasteiger partial charge in [0.15, 0.2) is 0 Å². The van der Waals surface area contributed by atoms with Crippen LogP contribution in [0.15, 0.2) is 41.2 Å². The molecule has 7 nitrogen and oxygen atoms in total. The summed E-state index contributed by atoms with van der Waals surface area (Å²) < 4.78 is 5.48. The average molecular weight is 352 g/mol. The van der Waals surface area contributed by atoms with Crippen LogP contribution in [0.25, 0.3) is 16.1 Å². The number of nitrogens with two attached hydrogens (primary N) is 1. The van der Waals surface area contributed by atoms with E-state index in [0.717, 1.165) is 22.2 Å². The molecule has 0 radical (unpaired) electrons. The summed E-state index contributed by atoms with van der Waals surface area (Å²) in [6, 6.07) is 10.3. The first-order valence-corrected chi connectivity index (χ1v) is 8.18. The Bertz CT molecular complexity index is 1110. The number of rotatable bonds is 2. The molecule has 0 saturated heterocycles. The largest absolute Gasteiger partial charge is 0.384 e. The minimum absolute atomic E-state index is 0.0120. The van der Waals surface area contributed by atoms with Crippen LogP contribution in [-0.4, -0.2) is 20.8 Å². The van der Waals surface area contributed by atoms with E-state index in [4.69, 9.17) is 5.73 Å². The Balaban J connectivity index is 1.92. The predicted octanol–water partition coefficient (Wildman–Crippen LogP) is 1.74. The van der Waals surface area contributed by atoms with E-state index in [1.54, 1.807) is 18.2 Å². The van der Waals surface area contributed by atoms with Crippen molar-refractivity contribution < 1.29 is 9.59 Å². The Morgan fingerprint density at radius 1 is 1.12 bits per heavy atom. The summed E-state index contributed by atoms with van der Waals surface area (Å²) in [5.74, 6) is -1.26. The number of carbonyl (C=O) groups is 2. The maximum Gasteiger partial charge on any atom is 0.262 e. The first kappa shape index (κ1) is 15.3. The van der Waals surface area contributed by atoms with Crippen LogP contribution < -0.4 is 16.6 Å². The molecule has 0 fully saturated rings. The van der Waals surface area contributed by atoms with E-state index in [1.165, 1.54) is 16.1 Å². The summed E-state index contributed by atoms with van der Waals surface area (Å²) in [6.45, 7) is 1.91. The number of nitrogens with zero attached hydrogens (tertiary/aromatic N) is 2. The van der Waals surface area contributed by atoms with Crippen LogP contribution in [0.1, 0.15) is 26.4 Å². The standard InChI is InChI=1S/C17H12N4O3S/c1-8-5-12(25-20-8)9-3-2-4-10(6-9)21-13(22)7-11-14(15(21)18)17(24)19-16(11)23/h2-7H,18H2,1H3,(H,19,23,24). The summed E-state index contributed by atoms with van der Waals surface area (Å²) >= 11 is 1.36. The van der Waals surface area contributed by atoms with Crippen LogP contribution in [0.5, 0.6) is 0 Å². The van der Waals surface area contributed by atoms with E-state index in [1.807, 2.05) is 19.1 Å². The molecule has 1 aliphatic heterocycles. The van der Waals surface area contributed by atoms with Crippen LogP contribution in [0.4, 0.5) is 5.82 Å². The Hall–Kier alpha value is -3.26. The number of hydrogen-bond acceptors (Lipinski definition) is 6. The van der Waals surface area contributed by atoms with Crippen LogP contribution >= 0.6 is 11.5 Å². The number of hydrogen-bond donors (Lipinski definition) is 2. The topological polar surface area (TPSA) is 107 Å². The van der Waals surface area contributed by atoms with E-state index >= 15 is 0 Å². The minimum atomic E-state index is -0.607. The highest BCUT2D eigenvalue weighted by atomic mass is 32.1. The smallest absolute Gasteiger partial charge is 0.262 e. The number of imide groups is 1. The molecule has 0 atom stereocenters. The van der Waals surface area contributed by atoms with Crippen molar-refractivity contribution in [3.8, 4) is 16.1 Å². The van der Waals surface area contributed by atoms with Crippen molar-refractivity contribution in [1.82, 2.24) is 14.3 Å². The van der Waals surface area contributed by atoms with Crippen molar-refractivity contribution in [2.24, 2.45) is 0 Å². The fourth-order valence-electron chi connectivity index (χ4n) is 2.84. The molecular formula is C17H12N4O3S. The van der Waals surface area contributed by atoms with E-state index in [2.05, 4.69) is 9.69 Å². The van der Waals surface area contributed by atoms with Gasteiger partial charge in [-0.2, -0.15) is 4.37 Å². The monoisotopic (exact) mass is 352 g/mol. The number of anilines is 1. The number of amides is 2. The lowest BCUT2D eigenvalue weighted by molar-refractivity contribution is 0.0880. The zero-order valence-electron chi connectivity index (χ0n) is 13.1. The van der Waals surface area contributed by atoms with Gasteiger partial charge in [0, 0.05) is 6.07 Å². The fourth-order valence-corrected chi connectivity index (χ4v) is 3.59. The molecule has 25 heavy (non-hydrogen) atoms. The van der Waals surface area contributed by atoms with E-state index < -0.39 is 17.4 Å². The zero-order chi connectivity index (χ0) is 17.7. The number of aromatic nitrogens is 2. The lowest BCUT2D eigenvalue weighted by Gasteiger charge is -2.12. The summed E-state index contributed by atoms with van der Waals surface area (Å²) in [5.41, 5.74) is 7.93. The Morgan fingerprint density at radius 2 is 1.92 bits per heavy atom. The van der Waals surface area contributed by atoms with Crippen molar-refractivity contribution in [3.05, 3.63) is 63.6 Å². The summed E-state index contributed by atoms with van der Waals surface area (Å²) in [4.78, 5) is 37.1. The van der Waals surface area contributed by atoms with Crippen LogP contribution in [0, 0.1) is 6.92 Å². The van der Waals surface area contributed by atoms with Gasteiger partial charge < -0.3 is 5.73 Å². The molecule has 3 N–H and O–H groups in total. The molecule has 2 aromatic heterocycles. The van der Waals surface area contributed by atoms with Crippen molar-refractivity contribution in [3.63, 3.8) is 0 Å². The quantitative estimate of drug-likeness (QED) is 0.683. The molecule has 0 saturated carbocycles. The molecular weight excluding hydrogens is 340 g/mol. The van der Waals surface area contributed by atoms with E-state index in [0.29, 0.717) is 5.69 Å². The van der Waals surface area contributed by atoms with Crippen LogP contribution in [-0.2, 0) is 0 Å². The van der Waals surface area contributed by atoms with Gasteiger partial charge in [-0.1, -0.05) is 12.1 Å². The maximum absolute atomic E-state index is 12.5. The van der Waals surface area contributed by atoms with Gasteiger partial charge in [-0.15, -0.1) is 0 Å². The van der Waals surface area contributed by atoms with Crippen molar-refractivity contribution in [2.75, 3.05) is 5.73 Å². The molecule has 0 bridgehead atoms. The summed E-state index contributed by atoms with van der Waals surface area (Å²) in [7, 11) is 0. The molecule has 3 aromatic rings. The second kappa shape index (κ2) is 5.38. The highest BCUT2D eigenvalue weighted by Gasteiger charge is 2.31. The number of aryl methyl sites for hydroxylation is 1. The third-order valence-corrected chi connectivity index (χ3v) is 4.90. The first-order valence-electron chi connectivity index (χ1n) is 7.41. The lowest BCUT2D eigenvalue weighted by atomic mass is 10.1. The molecule has 2 amide bonds. The molecule has 8 heteroatoms. The Morgan fingerprint density at radius 3 is 2.64 bits per heavy atom. The van der Waals surface area contributed by atoms with Gasteiger partial charge in [0.25, 0.3) is 17.4 Å². The van der Waals surface area contributed by atoms with Gasteiger partial charge in [0.2, 0.25) is 0 Å². The van der Waals surface area contributed by atoms with Crippen molar-refractivity contribution in [2.45, 2.75) is 6.92 Å². The molecule has 0 spiro atoms. The number of carbonyl (C=O) groups excluding carboxylic acids is 2. The first-order chi connectivity index (χ1) is 12.0. The highest BCUT2D eigenvalue weighted by Crippen LogP contribution is 2.28. The van der Waals surface area contributed by atoms with Crippen LogP contribution in [0.2, 0.25) is 0 Å².